The van der Waals surface area contributed by atoms with Gasteiger partial charge in [-0.1, -0.05) is 12.1 Å². The van der Waals surface area contributed by atoms with Gasteiger partial charge in [-0.3, -0.25) is 9.69 Å². The number of fused-ring (bicyclic) bond motifs is 1. The number of aromatic nitrogens is 2. The van der Waals surface area contributed by atoms with Crippen molar-refractivity contribution in [2.45, 2.75) is 44.3 Å². The fourth-order valence-corrected chi connectivity index (χ4v) is 6.51. The lowest BCUT2D eigenvalue weighted by atomic mass is 9.98. The number of nitrogens with zero attached hydrogens (tertiary/aromatic N) is 5. The number of alkyl halides is 3. The van der Waals surface area contributed by atoms with Gasteiger partial charge in [0.1, 0.15) is 5.75 Å². The van der Waals surface area contributed by atoms with E-state index in [1.807, 2.05) is 24.3 Å². The van der Waals surface area contributed by atoms with E-state index in [1.54, 1.807) is 19.2 Å². The summed E-state index contributed by atoms with van der Waals surface area (Å²) in [4.78, 5) is 27.5. The van der Waals surface area contributed by atoms with E-state index in [-0.39, 0.29) is 30.4 Å². The van der Waals surface area contributed by atoms with Gasteiger partial charge in [0.15, 0.2) is 0 Å². The van der Waals surface area contributed by atoms with Crippen molar-refractivity contribution in [3.8, 4) is 5.75 Å². The molecule has 4 heterocycles. The molecule has 2 N–H and O–H groups in total. The molecule has 6 rings (SSSR count). The number of piperidine rings is 1. The second-order valence-electron chi connectivity index (χ2n) is 11.8. The Labute approximate surface area is 255 Å². The maximum absolute atomic E-state index is 13.9. The van der Waals surface area contributed by atoms with Crippen LogP contribution in [0.2, 0.25) is 0 Å². The lowest BCUT2D eigenvalue weighted by Crippen LogP contribution is -2.53. The minimum absolute atomic E-state index is 0.0380. The number of amides is 1. The molecule has 0 spiro atoms. The quantitative estimate of drug-likeness (QED) is 0.379. The van der Waals surface area contributed by atoms with Crippen LogP contribution in [-0.4, -0.2) is 85.1 Å². The van der Waals surface area contributed by atoms with Crippen LogP contribution in [0.25, 0.3) is 0 Å². The Morgan fingerprint density at radius 3 is 2.55 bits per heavy atom. The van der Waals surface area contributed by atoms with Crippen molar-refractivity contribution in [1.29, 1.82) is 0 Å². The molecule has 1 amide bonds. The van der Waals surface area contributed by atoms with Gasteiger partial charge in [0.25, 0.3) is 0 Å². The highest BCUT2D eigenvalue weighted by atomic mass is 19.4. The molecule has 2 fully saturated rings. The molecule has 0 aliphatic carbocycles. The maximum atomic E-state index is 13.9. The van der Waals surface area contributed by atoms with E-state index < -0.39 is 11.7 Å². The smallest absolute Gasteiger partial charge is 0.419 e. The first kappa shape index (κ1) is 30.1. The van der Waals surface area contributed by atoms with Crippen LogP contribution >= 0.6 is 0 Å². The number of aryl methyl sites for hydroxylation is 2. The summed E-state index contributed by atoms with van der Waals surface area (Å²) in [6.45, 7) is 6.16. The number of nitrogens with one attached hydrogen (secondary N) is 2. The molecule has 1 aromatic heterocycles. The highest BCUT2D eigenvalue weighted by Crippen LogP contribution is 2.35. The zero-order valence-electron chi connectivity index (χ0n) is 25.1. The first-order chi connectivity index (χ1) is 21.2. The van der Waals surface area contributed by atoms with Gasteiger partial charge in [0.2, 0.25) is 11.9 Å². The number of rotatable bonds is 8. The van der Waals surface area contributed by atoms with Crippen LogP contribution in [-0.2, 0) is 30.2 Å². The molecule has 3 aliphatic heterocycles. The number of methoxy groups -OCH3 is 1. The van der Waals surface area contributed by atoms with E-state index in [0.29, 0.717) is 29.6 Å². The zero-order valence-corrected chi connectivity index (χ0v) is 25.1. The average Bonchev–Trinajstić information content (AvgIpc) is 3.41. The first-order valence-corrected chi connectivity index (χ1v) is 15.1. The first-order valence-electron chi connectivity index (χ1n) is 15.1. The lowest BCUT2D eigenvalue weighted by Gasteiger charge is -2.43. The fourth-order valence-electron chi connectivity index (χ4n) is 6.51. The molecule has 0 bridgehead atoms. The third kappa shape index (κ3) is 6.61. The second-order valence-corrected chi connectivity index (χ2v) is 11.8. The van der Waals surface area contributed by atoms with Crippen molar-refractivity contribution in [3.05, 3.63) is 65.0 Å². The summed E-state index contributed by atoms with van der Waals surface area (Å²) in [5.41, 5.74) is 2.99. The average molecular weight is 610 g/mol. The Morgan fingerprint density at radius 1 is 1.05 bits per heavy atom. The van der Waals surface area contributed by atoms with E-state index in [1.165, 1.54) is 12.8 Å². The van der Waals surface area contributed by atoms with E-state index in [0.717, 1.165) is 62.3 Å². The molecule has 2 aromatic carbocycles. The number of carbonyl (C=O) groups is 1. The van der Waals surface area contributed by atoms with E-state index in [2.05, 4.69) is 42.3 Å². The van der Waals surface area contributed by atoms with E-state index in [4.69, 9.17) is 4.74 Å². The van der Waals surface area contributed by atoms with Crippen molar-refractivity contribution < 1.29 is 22.7 Å². The number of likely N-dealkylation sites (tertiary alicyclic amines) is 1. The van der Waals surface area contributed by atoms with Crippen molar-refractivity contribution >= 4 is 28.9 Å². The summed E-state index contributed by atoms with van der Waals surface area (Å²) in [6, 6.07) is 11.9. The highest BCUT2D eigenvalue weighted by molar-refractivity contribution is 5.99. The van der Waals surface area contributed by atoms with Gasteiger partial charge in [-0.25, -0.2) is 9.97 Å². The van der Waals surface area contributed by atoms with Crippen LogP contribution in [0.3, 0.4) is 0 Å². The third-order valence-electron chi connectivity index (χ3n) is 9.00. The largest absolute Gasteiger partial charge is 0.494 e. The molecule has 44 heavy (non-hydrogen) atoms. The summed E-state index contributed by atoms with van der Waals surface area (Å²) < 4.78 is 47.4. The molecule has 3 aliphatic rings. The van der Waals surface area contributed by atoms with Crippen LogP contribution in [0.5, 0.6) is 5.75 Å². The van der Waals surface area contributed by atoms with Crippen molar-refractivity contribution in [3.63, 3.8) is 0 Å². The molecule has 0 saturated carbocycles. The van der Waals surface area contributed by atoms with Crippen LogP contribution < -0.4 is 20.3 Å². The molecule has 0 unspecified atom stereocenters. The van der Waals surface area contributed by atoms with Gasteiger partial charge in [0, 0.05) is 55.9 Å². The minimum atomic E-state index is -4.60. The molecular weight excluding hydrogens is 571 g/mol. The number of hydrogen-bond donors (Lipinski definition) is 2. The molecule has 9 nitrogen and oxygen atoms in total. The Bertz CT molecular complexity index is 1500. The zero-order chi connectivity index (χ0) is 30.8. The number of benzene rings is 2. The number of piperazine rings is 1. The van der Waals surface area contributed by atoms with Gasteiger partial charge in [-0.15, -0.1) is 0 Å². The molecule has 3 aromatic rings. The molecule has 234 valence electrons. The van der Waals surface area contributed by atoms with E-state index in [9.17, 15) is 18.0 Å². The molecular formula is C32H38F3N7O2. The van der Waals surface area contributed by atoms with Crippen LogP contribution in [0.4, 0.5) is 36.2 Å². The summed E-state index contributed by atoms with van der Waals surface area (Å²) in [5.74, 6) is 0.495. The molecule has 0 radical (unpaired) electrons. The standard InChI is InChI=1S/C32H38F3N7O2/c1-40-12-10-22(11-13-40)41-14-16-42(17-15-41)23-7-9-28(29(18-23)44-2)39-31-36-20-25(32(33,34)35)27(38-31)8-6-21-4-3-5-26-24(21)19-30(43)37-26/h3-5,7,9,18,20,22H,6,8,10-17,19H2,1-2H3,(H,37,43)(H,36,38,39). The summed E-state index contributed by atoms with van der Waals surface area (Å²) in [6.07, 6.45) is -0.776. The molecule has 12 heteroatoms. The Hall–Kier alpha value is -3.90. The van der Waals surface area contributed by atoms with Crippen LogP contribution in [0, 0.1) is 0 Å². The predicted molar refractivity (Wildman–Crippen MR) is 164 cm³/mol. The third-order valence-corrected chi connectivity index (χ3v) is 9.00. The fraction of sp³-hybridized carbons (Fsp3) is 0.469. The highest BCUT2D eigenvalue weighted by Gasteiger charge is 2.35. The summed E-state index contributed by atoms with van der Waals surface area (Å²) in [7, 11) is 3.75. The number of carbonyl (C=O) groups excluding carboxylic acids is 1. The number of halogens is 3. The summed E-state index contributed by atoms with van der Waals surface area (Å²) >= 11 is 0. The Morgan fingerprint density at radius 2 is 1.82 bits per heavy atom. The van der Waals surface area contributed by atoms with Crippen LogP contribution in [0.1, 0.15) is 35.2 Å². The summed E-state index contributed by atoms with van der Waals surface area (Å²) in [5, 5.41) is 5.86. The molecule has 2 saturated heterocycles. The van der Waals surface area contributed by atoms with Gasteiger partial charge in [-0.05, 0) is 75.1 Å². The SMILES string of the molecule is COc1cc(N2CCN(C3CCN(C)CC3)CC2)ccc1Nc1ncc(C(F)(F)F)c(CCc2cccc3c2CC(=O)N3)n1. The number of ether oxygens (including phenoxy) is 1. The number of hydrogen-bond acceptors (Lipinski definition) is 8. The van der Waals surface area contributed by atoms with Gasteiger partial charge < -0.3 is 25.2 Å². The minimum Gasteiger partial charge on any atom is -0.494 e. The predicted octanol–water partition coefficient (Wildman–Crippen LogP) is 4.74. The van der Waals surface area contributed by atoms with Crippen molar-refractivity contribution in [2.24, 2.45) is 0 Å². The van der Waals surface area contributed by atoms with Gasteiger partial charge >= 0.3 is 6.18 Å². The second kappa shape index (κ2) is 12.6. The van der Waals surface area contributed by atoms with Gasteiger partial charge in [-0.2, -0.15) is 13.2 Å². The molecule has 0 atom stereocenters. The van der Waals surface area contributed by atoms with Crippen molar-refractivity contribution in [2.75, 3.05) is 69.0 Å². The van der Waals surface area contributed by atoms with Gasteiger partial charge in [0.05, 0.1) is 30.5 Å². The number of anilines is 4. The monoisotopic (exact) mass is 609 g/mol. The normalized spacial score (nSPS) is 18.3. The van der Waals surface area contributed by atoms with E-state index >= 15 is 0 Å². The Kier molecular flexibility index (Phi) is 8.64. The van der Waals surface area contributed by atoms with Crippen LogP contribution in [0.15, 0.2) is 42.6 Å². The maximum Gasteiger partial charge on any atom is 0.419 e. The van der Waals surface area contributed by atoms with Crippen molar-refractivity contribution in [1.82, 2.24) is 19.8 Å². The lowest BCUT2D eigenvalue weighted by molar-refractivity contribution is -0.138. The topological polar surface area (TPSA) is 85.9 Å². The Balaban J connectivity index is 1.15.